The van der Waals surface area contributed by atoms with Gasteiger partial charge in [0.05, 0.1) is 11.8 Å². The number of hydrogen-bond donors (Lipinski definition) is 1. The summed E-state index contributed by atoms with van der Waals surface area (Å²) in [6.07, 6.45) is 3.80. The maximum atomic E-state index is 11.8. The normalized spacial score (nSPS) is 10.1. The Morgan fingerprint density at radius 1 is 1.64 bits per heavy atom. The van der Waals surface area contributed by atoms with Gasteiger partial charge in [0.1, 0.15) is 6.26 Å². The molecule has 4 nitrogen and oxygen atoms in total. The van der Waals surface area contributed by atoms with Gasteiger partial charge in [0.25, 0.3) is 5.91 Å². The number of amides is 1. The molecule has 1 aromatic heterocycles. The molecule has 0 bridgehead atoms. The Kier molecular flexibility index (Phi) is 4.19. The highest BCUT2D eigenvalue weighted by atomic mass is 16.3. The molecule has 0 fully saturated rings. The first-order valence-electron chi connectivity index (χ1n) is 4.81. The molecule has 2 N–H and O–H groups in total. The fourth-order valence-electron chi connectivity index (χ4n) is 1.25. The van der Waals surface area contributed by atoms with Crippen LogP contribution in [0.4, 0.5) is 0 Å². The highest BCUT2D eigenvalue weighted by Gasteiger charge is 2.13. The molecule has 1 heterocycles. The predicted octanol–water partition coefficient (Wildman–Crippen LogP) is 1.09. The van der Waals surface area contributed by atoms with Crippen LogP contribution in [0.25, 0.3) is 0 Å². The fraction of sp³-hybridized carbons (Fsp3) is 0.500. The fourth-order valence-corrected chi connectivity index (χ4v) is 1.25. The molecule has 78 valence electrons. The van der Waals surface area contributed by atoms with Crippen LogP contribution in [0.15, 0.2) is 23.0 Å². The van der Waals surface area contributed by atoms with E-state index in [2.05, 4.69) is 0 Å². The highest BCUT2D eigenvalue weighted by Crippen LogP contribution is 2.05. The zero-order valence-corrected chi connectivity index (χ0v) is 8.40. The molecule has 0 aliphatic heterocycles. The van der Waals surface area contributed by atoms with Gasteiger partial charge in [-0.2, -0.15) is 0 Å². The van der Waals surface area contributed by atoms with Gasteiger partial charge in [-0.25, -0.2) is 0 Å². The lowest BCUT2D eigenvalue weighted by Gasteiger charge is -2.19. The van der Waals surface area contributed by atoms with Crippen LogP contribution in [0.5, 0.6) is 0 Å². The van der Waals surface area contributed by atoms with Crippen molar-refractivity contribution in [2.24, 2.45) is 5.73 Å². The zero-order chi connectivity index (χ0) is 10.4. The van der Waals surface area contributed by atoms with Crippen LogP contribution in [0, 0.1) is 0 Å². The van der Waals surface area contributed by atoms with E-state index >= 15 is 0 Å². The first-order valence-corrected chi connectivity index (χ1v) is 4.81. The summed E-state index contributed by atoms with van der Waals surface area (Å²) in [6, 6.07) is 1.67. The van der Waals surface area contributed by atoms with Gasteiger partial charge in [-0.1, -0.05) is 0 Å². The monoisotopic (exact) mass is 196 g/mol. The van der Waals surface area contributed by atoms with E-state index in [4.69, 9.17) is 10.2 Å². The molecule has 0 aliphatic carbocycles. The van der Waals surface area contributed by atoms with E-state index in [0.717, 1.165) is 6.42 Å². The summed E-state index contributed by atoms with van der Waals surface area (Å²) >= 11 is 0. The number of carbonyl (C=O) groups is 1. The SMILES string of the molecule is CCN(CCCN)C(=O)c1ccoc1. The van der Waals surface area contributed by atoms with Gasteiger partial charge >= 0.3 is 0 Å². The standard InChI is InChI=1S/C10H16N2O2/c1-2-12(6-3-5-11)10(13)9-4-7-14-8-9/h4,7-8H,2-3,5-6,11H2,1H3. The minimum absolute atomic E-state index is 0.00898. The van der Waals surface area contributed by atoms with Crippen LogP contribution in [0.2, 0.25) is 0 Å². The van der Waals surface area contributed by atoms with Crippen LogP contribution in [0.1, 0.15) is 23.7 Å². The lowest BCUT2D eigenvalue weighted by Crippen LogP contribution is -2.32. The van der Waals surface area contributed by atoms with Crippen LogP contribution in [-0.2, 0) is 0 Å². The van der Waals surface area contributed by atoms with E-state index in [9.17, 15) is 4.79 Å². The maximum absolute atomic E-state index is 11.8. The highest BCUT2D eigenvalue weighted by molar-refractivity contribution is 5.93. The van der Waals surface area contributed by atoms with Gasteiger partial charge in [-0.3, -0.25) is 4.79 Å². The second-order valence-corrected chi connectivity index (χ2v) is 3.04. The molecule has 14 heavy (non-hydrogen) atoms. The number of hydrogen-bond acceptors (Lipinski definition) is 3. The smallest absolute Gasteiger partial charge is 0.257 e. The molecule has 0 aromatic carbocycles. The van der Waals surface area contributed by atoms with E-state index in [-0.39, 0.29) is 5.91 Å². The number of furan rings is 1. The third kappa shape index (κ3) is 2.60. The van der Waals surface area contributed by atoms with Gasteiger partial charge in [0, 0.05) is 13.1 Å². The van der Waals surface area contributed by atoms with Gasteiger partial charge in [0.2, 0.25) is 0 Å². The molecule has 4 heteroatoms. The molecule has 0 unspecified atom stereocenters. The summed E-state index contributed by atoms with van der Waals surface area (Å²) in [6.45, 7) is 3.96. The first kappa shape index (κ1) is 10.8. The van der Waals surface area contributed by atoms with E-state index in [1.165, 1.54) is 12.5 Å². The van der Waals surface area contributed by atoms with Crippen LogP contribution in [-0.4, -0.2) is 30.4 Å². The van der Waals surface area contributed by atoms with Crippen molar-refractivity contribution in [3.05, 3.63) is 24.2 Å². The van der Waals surface area contributed by atoms with Crippen molar-refractivity contribution in [3.8, 4) is 0 Å². The van der Waals surface area contributed by atoms with Crippen molar-refractivity contribution in [1.82, 2.24) is 4.90 Å². The van der Waals surface area contributed by atoms with Gasteiger partial charge in [-0.15, -0.1) is 0 Å². The summed E-state index contributed by atoms with van der Waals surface area (Å²) in [7, 11) is 0. The van der Waals surface area contributed by atoms with Crippen LogP contribution < -0.4 is 5.73 Å². The third-order valence-corrected chi connectivity index (χ3v) is 2.07. The lowest BCUT2D eigenvalue weighted by atomic mass is 10.2. The Bertz CT molecular complexity index is 270. The van der Waals surface area contributed by atoms with Crippen LogP contribution >= 0.6 is 0 Å². The molecule has 1 rings (SSSR count). The zero-order valence-electron chi connectivity index (χ0n) is 8.40. The van der Waals surface area contributed by atoms with Gasteiger partial charge in [0.15, 0.2) is 0 Å². The van der Waals surface area contributed by atoms with Crippen molar-refractivity contribution in [3.63, 3.8) is 0 Å². The molecule has 0 saturated heterocycles. The number of nitrogens with zero attached hydrogens (tertiary/aromatic N) is 1. The summed E-state index contributed by atoms with van der Waals surface area (Å²) in [5, 5.41) is 0. The quantitative estimate of drug-likeness (QED) is 0.766. The summed E-state index contributed by atoms with van der Waals surface area (Å²) in [5.41, 5.74) is 5.99. The van der Waals surface area contributed by atoms with Crippen molar-refractivity contribution in [2.45, 2.75) is 13.3 Å². The minimum Gasteiger partial charge on any atom is -0.472 e. The lowest BCUT2D eigenvalue weighted by molar-refractivity contribution is 0.0763. The molecular formula is C10H16N2O2. The number of nitrogens with two attached hydrogens (primary N) is 1. The average molecular weight is 196 g/mol. The van der Waals surface area contributed by atoms with Crippen LogP contribution in [0.3, 0.4) is 0 Å². The maximum Gasteiger partial charge on any atom is 0.257 e. The summed E-state index contributed by atoms with van der Waals surface area (Å²) < 4.78 is 4.86. The van der Waals surface area contributed by atoms with E-state index in [1.807, 2.05) is 6.92 Å². The Balaban J connectivity index is 2.56. The molecular weight excluding hydrogens is 180 g/mol. The molecule has 0 saturated carbocycles. The van der Waals surface area contributed by atoms with Crippen molar-refractivity contribution in [1.29, 1.82) is 0 Å². The Morgan fingerprint density at radius 2 is 2.43 bits per heavy atom. The largest absolute Gasteiger partial charge is 0.472 e. The molecule has 0 radical (unpaired) electrons. The third-order valence-electron chi connectivity index (χ3n) is 2.07. The summed E-state index contributed by atoms with van der Waals surface area (Å²) in [5.74, 6) is 0.00898. The molecule has 1 aromatic rings. The first-order chi connectivity index (χ1) is 6.79. The van der Waals surface area contributed by atoms with Crippen molar-refractivity contribution in [2.75, 3.05) is 19.6 Å². The second-order valence-electron chi connectivity index (χ2n) is 3.04. The molecule has 0 atom stereocenters. The predicted molar refractivity (Wildman–Crippen MR) is 54.0 cm³/mol. The Hall–Kier alpha value is -1.29. The summed E-state index contributed by atoms with van der Waals surface area (Å²) in [4.78, 5) is 13.5. The molecule has 1 amide bonds. The van der Waals surface area contributed by atoms with Gasteiger partial charge in [-0.05, 0) is 26.0 Å². The number of carbonyl (C=O) groups excluding carboxylic acids is 1. The van der Waals surface area contributed by atoms with E-state index < -0.39 is 0 Å². The second kappa shape index (κ2) is 5.44. The minimum atomic E-state index is 0.00898. The Labute approximate surface area is 83.7 Å². The van der Waals surface area contributed by atoms with E-state index in [1.54, 1.807) is 11.0 Å². The average Bonchev–Trinajstić information content (AvgIpc) is 2.71. The topological polar surface area (TPSA) is 59.5 Å². The van der Waals surface area contributed by atoms with Gasteiger partial charge < -0.3 is 15.1 Å². The van der Waals surface area contributed by atoms with Crippen molar-refractivity contribution >= 4 is 5.91 Å². The Morgan fingerprint density at radius 3 is 2.93 bits per heavy atom. The van der Waals surface area contributed by atoms with E-state index in [0.29, 0.717) is 25.2 Å². The molecule has 0 aliphatic rings. The number of rotatable bonds is 5. The molecule has 0 spiro atoms. The van der Waals surface area contributed by atoms with Crippen molar-refractivity contribution < 1.29 is 9.21 Å².